The summed E-state index contributed by atoms with van der Waals surface area (Å²) in [4.78, 5) is 12.2. The van der Waals surface area contributed by atoms with Crippen LogP contribution < -0.4 is 5.32 Å². The fourth-order valence-electron chi connectivity index (χ4n) is 2.61. The highest BCUT2D eigenvalue weighted by molar-refractivity contribution is 6.43. The first-order chi connectivity index (χ1) is 10.7. The molecule has 1 aromatic heterocycles. The van der Waals surface area contributed by atoms with Gasteiger partial charge in [-0.2, -0.15) is 0 Å². The van der Waals surface area contributed by atoms with Crippen molar-refractivity contribution >= 4 is 29.1 Å². The Morgan fingerprint density at radius 1 is 1.23 bits per heavy atom. The van der Waals surface area contributed by atoms with Crippen molar-refractivity contribution in [2.75, 3.05) is 0 Å². The van der Waals surface area contributed by atoms with Gasteiger partial charge in [0.2, 0.25) is 0 Å². The predicted molar refractivity (Wildman–Crippen MR) is 85.2 cm³/mol. The topological polar surface area (TPSA) is 59.8 Å². The lowest BCUT2D eigenvalue weighted by Crippen LogP contribution is -2.25. The maximum Gasteiger partial charge on any atom is 0.253 e. The summed E-state index contributed by atoms with van der Waals surface area (Å²) >= 11 is 12.0. The number of hydrogen-bond acceptors (Lipinski definition) is 3. The van der Waals surface area contributed by atoms with Crippen LogP contribution in [-0.4, -0.2) is 20.7 Å². The highest BCUT2D eigenvalue weighted by atomic mass is 35.5. The van der Waals surface area contributed by atoms with Gasteiger partial charge in [0.1, 0.15) is 5.82 Å². The molecule has 0 aliphatic carbocycles. The number of fused-ring (bicyclic) bond motifs is 1. The van der Waals surface area contributed by atoms with Crippen molar-refractivity contribution in [2.24, 2.45) is 0 Å². The van der Waals surface area contributed by atoms with Gasteiger partial charge in [0.15, 0.2) is 5.82 Å². The van der Waals surface area contributed by atoms with Gasteiger partial charge in [0.25, 0.3) is 5.91 Å². The molecule has 2 aromatic rings. The monoisotopic (exact) mass is 338 g/mol. The number of carbonyl (C=O) groups is 1. The van der Waals surface area contributed by atoms with E-state index in [2.05, 4.69) is 20.1 Å². The SMILES string of the molecule is O=C(NCc1nnc2n1CCCCC2)c1cccc(Cl)c1Cl. The van der Waals surface area contributed by atoms with Crippen LogP contribution in [0.5, 0.6) is 0 Å². The number of hydrogen-bond donors (Lipinski definition) is 1. The van der Waals surface area contributed by atoms with Crippen molar-refractivity contribution in [3.8, 4) is 0 Å². The summed E-state index contributed by atoms with van der Waals surface area (Å²) in [5.41, 5.74) is 0.366. The molecule has 1 N–H and O–H groups in total. The van der Waals surface area contributed by atoms with Crippen molar-refractivity contribution in [1.82, 2.24) is 20.1 Å². The Morgan fingerprint density at radius 3 is 2.95 bits per heavy atom. The minimum absolute atomic E-state index is 0.265. The predicted octanol–water partition coefficient (Wildman–Crippen LogP) is 3.24. The number of rotatable bonds is 3. The molecule has 2 heterocycles. The third kappa shape index (κ3) is 3.10. The molecule has 22 heavy (non-hydrogen) atoms. The molecule has 5 nitrogen and oxygen atoms in total. The van der Waals surface area contributed by atoms with E-state index in [1.807, 2.05) is 0 Å². The van der Waals surface area contributed by atoms with Crippen molar-refractivity contribution in [3.05, 3.63) is 45.5 Å². The van der Waals surface area contributed by atoms with Crippen LogP contribution in [0.15, 0.2) is 18.2 Å². The Bertz CT molecular complexity index is 699. The van der Waals surface area contributed by atoms with E-state index in [0.717, 1.165) is 37.5 Å². The molecule has 1 aliphatic heterocycles. The molecule has 1 aliphatic rings. The van der Waals surface area contributed by atoms with E-state index in [-0.39, 0.29) is 10.9 Å². The molecule has 0 fully saturated rings. The largest absolute Gasteiger partial charge is 0.345 e. The number of carbonyl (C=O) groups excluding carboxylic acids is 1. The zero-order valence-corrected chi connectivity index (χ0v) is 13.5. The van der Waals surface area contributed by atoms with Crippen LogP contribution in [0.4, 0.5) is 0 Å². The number of benzene rings is 1. The molecule has 3 rings (SSSR count). The van der Waals surface area contributed by atoms with Crippen LogP contribution in [0.25, 0.3) is 0 Å². The van der Waals surface area contributed by atoms with E-state index in [4.69, 9.17) is 23.2 Å². The van der Waals surface area contributed by atoms with Gasteiger partial charge >= 0.3 is 0 Å². The van der Waals surface area contributed by atoms with Crippen LogP contribution in [0.1, 0.15) is 41.3 Å². The van der Waals surface area contributed by atoms with Gasteiger partial charge in [0.05, 0.1) is 22.2 Å². The minimum atomic E-state index is -0.265. The lowest BCUT2D eigenvalue weighted by Gasteiger charge is -2.09. The Hall–Kier alpha value is -1.59. The minimum Gasteiger partial charge on any atom is -0.345 e. The normalized spacial score (nSPS) is 14.3. The molecule has 0 unspecified atom stereocenters. The number of aryl methyl sites for hydroxylation is 1. The average Bonchev–Trinajstić information content (AvgIpc) is 2.74. The fourth-order valence-corrected chi connectivity index (χ4v) is 3.00. The van der Waals surface area contributed by atoms with Crippen LogP contribution in [0.2, 0.25) is 10.0 Å². The third-order valence-electron chi connectivity index (χ3n) is 3.79. The summed E-state index contributed by atoms with van der Waals surface area (Å²) in [5.74, 6) is 1.52. The van der Waals surface area contributed by atoms with E-state index >= 15 is 0 Å². The fraction of sp³-hybridized carbons (Fsp3) is 0.400. The Morgan fingerprint density at radius 2 is 2.09 bits per heavy atom. The summed E-state index contributed by atoms with van der Waals surface area (Å²) in [6, 6.07) is 5.00. The quantitative estimate of drug-likeness (QED) is 0.934. The first kappa shape index (κ1) is 15.3. The zero-order chi connectivity index (χ0) is 15.5. The molecule has 0 saturated heterocycles. The Kier molecular flexibility index (Phi) is 4.64. The maximum atomic E-state index is 12.2. The second kappa shape index (κ2) is 6.67. The first-order valence-electron chi connectivity index (χ1n) is 7.30. The van der Waals surface area contributed by atoms with E-state index < -0.39 is 0 Å². The second-order valence-electron chi connectivity index (χ2n) is 5.28. The highest BCUT2D eigenvalue weighted by Gasteiger charge is 2.17. The maximum absolute atomic E-state index is 12.2. The van der Waals surface area contributed by atoms with Gasteiger partial charge in [-0.1, -0.05) is 35.7 Å². The standard InChI is InChI=1S/C15H16Cl2N4O/c16-11-6-4-5-10(14(11)17)15(22)18-9-13-20-19-12-7-2-1-3-8-21(12)13/h4-6H,1-3,7-9H2,(H,18,22). The third-order valence-corrected chi connectivity index (χ3v) is 4.61. The van der Waals surface area contributed by atoms with E-state index in [0.29, 0.717) is 17.1 Å². The highest BCUT2D eigenvalue weighted by Crippen LogP contribution is 2.25. The van der Waals surface area contributed by atoms with Gasteiger partial charge in [-0.15, -0.1) is 10.2 Å². The van der Waals surface area contributed by atoms with E-state index in [1.54, 1.807) is 18.2 Å². The van der Waals surface area contributed by atoms with Crippen LogP contribution in [0.3, 0.4) is 0 Å². The number of halogens is 2. The molecule has 1 aromatic carbocycles. The molecule has 0 spiro atoms. The molecule has 0 atom stereocenters. The molecule has 0 saturated carbocycles. The Balaban J connectivity index is 1.71. The molecule has 0 radical (unpaired) electrons. The van der Waals surface area contributed by atoms with Gasteiger partial charge < -0.3 is 9.88 Å². The zero-order valence-electron chi connectivity index (χ0n) is 12.0. The molecular weight excluding hydrogens is 323 g/mol. The summed E-state index contributed by atoms with van der Waals surface area (Å²) in [5, 5.41) is 11.9. The molecule has 7 heteroatoms. The van der Waals surface area contributed by atoms with Crippen molar-refractivity contribution in [1.29, 1.82) is 0 Å². The summed E-state index contributed by atoms with van der Waals surface area (Å²) in [6.07, 6.45) is 4.41. The van der Waals surface area contributed by atoms with Gasteiger partial charge in [-0.05, 0) is 25.0 Å². The number of nitrogens with zero attached hydrogens (tertiary/aromatic N) is 3. The molecular formula is C15H16Cl2N4O. The van der Waals surface area contributed by atoms with Gasteiger partial charge in [-0.3, -0.25) is 4.79 Å². The second-order valence-corrected chi connectivity index (χ2v) is 6.06. The van der Waals surface area contributed by atoms with Crippen molar-refractivity contribution in [2.45, 2.75) is 38.8 Å². The number of amides is 1. The first-order valence-corrected chi connectivity index (χ1v) is 8.05. The van der Waals surface area contributed by atoms with E-state index in [9.17, 15) is 4.79 Å². The van der Waals surface area contributed by atoms with Gasteiger partial charge in [-0.25, -0.2) is 0 Å². The van der Waals surface area contributed by atoms with Crippen molar-refractivity contribution in [3.63, 3.8) is 0 Å². The molecule has 116 valence electrons. The lowest BCUT2D eigenvalue weighted by atomic mass is 10.2. The smallest absolute Gasteiger partial charge is 0.253 e. The summed E-state index contributed by atoms with van der Waals surface area (Å²) in [7, 11) is 0. The number of aromatic nitrogens is 3. The average molecular weight is 339 g/mol. The molecule has 1 amide bonds. The van der Waals surface area contributed by atoms with Gasteiger partial charge in [0, 0.05) is 13.0 Å². The number of nitrogens with one attached hydrogen (secondary N) is 1. The van der Waals surface area contributed by atoms with Crippen LogP contribution in [-0.2, 0) is 19.5 Å². The van der Waals surface area contributed by atoms with Crippen LogP contribution >= 0.6 is 23.2 Å². The Labute approximate surface area is 138 Å². The summed E-state index contributed by atoms with van der Waals surface area (Å²) in [6.45, 7) is 1.24. The van der Waals surface area contributed by atoms with Crippen LogP contribution in [0, 0.1) is 0 Å². The lowest BCUT2D eigenvalue weighted by molar-refractivity contribution is 0.0949. The summed E-state index contributed by atoms with van der Waals surface area (Å²) < 4.78 is 2.10. The van der Waals surface area contributed by atoms with E-state index in [1.165, 1.54) is 6.42 Å². The van der Waals surface area contributed by atoms with Crippen molar-refractivity contribution < 1.29 is 4.79 Å². The molecule has 0 bridgehead atoms.